The molecule has 0 spiro atoms. The molecule has 0 saturated carbocycles. The Kier molecular flexibility index (Phi) is 6.01. The first-order valence-corrected chi connectivity index (χ1v) is 11.9. The van der Waals surface area contributed by atoms with E-state index in [0.717, 1.165) is 5.69 Å². The maximum Gasteiger partial charge on any atom is 0.256 e. The molecule has 164 valence electrons. The second-order valence-corrected chi connectivity index (χ2v) is 9.57. The van der Waals surface area contributed by atoms with Gasteiger partial charge in [0.15, 0.2) is 0 Å². The van der Waals surface area contributed by atoms with Crippen molar-refractivity contribution in [2.75, 3.05) is 49.9 Å². The van der Waals surface area contributed by atoms with Gasteiger partial charge in [-0.2, -0.15) is 0 Å². The lowest BCUT2D eigenvalue weighted by Crippen LogP contribution is -2.51. The number of benzene rings is 1. The Morgan fingerprint density at radius 2 is 1.87 bits per heavy atom. The third-order valence-corrected chi connectivity index (χ3v) is 6.69. The summed E-state index contributed by atoms with van der Waals surface area (Å²) in [5.41, 5.74) is 1.37. The van der Waals surface area contributed by atoms with Crippen LogP contribution in [0.4, 0.5) is 5.69 Å². The molecule has 9 nitrogen and oxygen atoms in total. The molecule has 0 unspecified atom stereocenters. The van der Waals surface area contributed by atoms with E-state index in [-0.39, 0.29) is 30.6 Å². The summed E-state index contributed by atoms with van der Waals surface area (Å²) in [6, 6.07) is 7.61. The first-order valence-electron chi connectivity index (χ1n) is 9.86. The van der Waals surface area contributed by atoms with Crippen LogP contribution in [-0.4, -0.2) is 80.9 Å². The Morgan fingerprint density at radius 1 is 1.10 bits per heavy atom. The molecular formula is C20H22ClN5O4S. The van der Waals surface area contributed by atoms with Crippen LogP contribution in [0.25, 0.3) is 0 Å². The Hall–Kier alpha value is -2.85. The van der Waals surface area contributed by atoms with Gasteiger partial charge in [-0.3, -0.25) is 9.59 Å². The van der Waals surface area contributed by atoms with E-state index in [1.807, 2.05) is 24.3 Å². The highest BCUT2D eigenvalue weighted by Gasteiger charge is 2.26. The number of carbonyl (C=O) groups excluding carboxylic acids is 2. The highest BCUT2D eigenvalue weighted by atomic mass is 35.5. The predicted molar refractivity (Wildman–Crippen MR) is 118 cm³/mol. The molecule has 11 heteroatoms. The molecule has 0 aliphatic carbocycles. The summed E-state index contributed by atoms with van der Waals surface area (Å²) >= 11 is 6.05. The average molecular weight is 464 g/mol. The van der Waals surface area contributed by atoms with Crippen molar-refractivity contribution in [3.05, 3.63) is 53.2 Å². The molecule has 4 rings (SSSR count). The summed E-state index contributed by atoms with van der Waals surface area (Å²) in [6.07, 6.45) is 4.54. The number of amides is 2. The minimum atomic E-state index is -3.44. The minimum absolute atomic E-state index is 0.101. The van der Waals surface area contributed by atoms with Gasteiger partial charge in [-0.1, -0.05) is 17.7 Å². The quantitative estimate of drug-likeness (QED) is 0.701. The van der Waals surface area contributed by atoms with Gasteiger partial charge < -0.3 is 20.0 Å². The molecule has 1 saturated heterocycles. The van der Waals surface area contributed by atoms with Crippen LogP contribution in [-0.2, 0) is 19.6 Å². The standard InChI is InChI=1S/C20H22ClN5O4S/c21-16-2-1-3-17(12-16)24-6-8-25(9-7-24)19(27)13-22-20(28)15-4-5-18-23-31(29,30)11-10-26(18)14-15/h1-5,12,14H,6-11,13H2,(H,22,28). The van der Waals surface area contributed by atoms with Gasteiger partial charge in [0.05, 0.1) is 17.9 Å². The SMILES string of the molecule is O=C(NCC(=O)N1CCN(c2cccc(Cl)c2)CC1)C1=CN2CCS(=O)(=O)N=C2C=C1. The Balaban J connectivity index is 1.27. The Morgan fingerprint density at radius 3 is 2.61 bits per heavy atom. The molecule has 0 radical (unpaired) electrons. The number of halogens is 1. The van der Waals surface area contributed by atoms with Gasteiger partial charge in [-0.05, 0) is 30.4 Å². The van der Waals surface area contributed by atoms with Crippen LogP contribution >= 0.6 is 11.6 Å². The van der Waals surface area contributed by atoms with E-state index in [4.69, 9.17) is 11.6 Å². The van der Waals surface area contributed by atoms with E-state index in [0.29, 0.717) is 36.8 Å². The van der Waals surface area contributed by atoms with Crippen LogP contribution in [0, 0.1) is 0 Å². The molecule has 3 heterocycles. The van der Waals surface area contributed by atoms with Gasteiger partial charge in [0.25, 0.3) is 15.9 Å². The maximum absolute atomic E-state index is 12.5. The van der Waals surface area contributed by atoms with Crippen molar-refractivity contribution in [2.24, 2.45) is 4.40 Å². The Bertz CT molecular complexity index is 1090. The number of carbonyl (C=O) groups is 2. The minimum Gasteiger partial charge on any atom is -0.368 e. The molecule has 0 atom stereocenters. The molecule has 1 aromatic carbocycles. The number of nitrogens with zero attached hydrogens (tertiary/aromatic N) is 4. The monoisotopic (exact) mass is 463 g/mol. The van der Waals surface area contributed by atoms with Crippen molar-refractivity contribution >= 4 is 45.0 Å². The van der Waals surface area contributed by atoms with Crippen molar-refractivity contribution < 1.29 is 18.0 Å². The van der Waals surface area contributed by atoms with Crippen LogP contribution < -0.4 is 10.2 Å². The van der Waals surface area contributed by atoms with Crippen molar-refractivity contribution in [1.29, 1.82) is 0 Å². The lowest BCUT2D eigenvalue weighted by atomic mass is 10.1. The fraction of sp³-hybridized carbons (Fsp3) is 0.350. The van der Waals surface area contributed by atoms with Crippen LogP contribution in [0.3, 0.4) is 0 Å². The van der Waals surface area contributed by atoms with Crippen molar-refractivity contribution in [1.82, 2.24) is 15.1 Å². The highest BCUT2D eigenvalue weighted by molar-refractivity contribution is 7.90. The second-order valence-electron chi connectivity index (χ2n) is 7.38. The van der Waals surface area contributed by atoms with Gasteiger partial charge >= 0.3 is 0 Å². The van der Waals surface area contributed by atoms with Gasteiger partial charge in [-0.15, -0.1) is 4.40 Å². The zero-order valence-corrected chi connectivity index (χ0v) is 18.3. The average Bonchev–Trinajstić information content (AvgIpc) is 2.76. The molecule has 3 aliphatic heterocycles. The van der Waals surface area contributed by atoms with Crippen LogP contribution in [0.5, 0.6) is 0 Å². The van der Waals surface area contributed by atoms with Gasteiger partial charge in [0.1, 0.15) is 5.84 Å². The fourth-order valence-electron chi connectivity index (χ4n) is 3.59. The first kappa shape index (κ1) is 21.4. The van der Waals surface area contributed by atoms with Crippen molar-refractivity contribution in [3.63, 3.8) is 0 Å². The number of fused-ring (bicyclic) bond motifs is 1. The molecular weight excluding hydrogens is 442 g/mol. The molecule has 1 N–H and O–H groups in total. The summed E-state index contributed by atoms with van der Waals surface area (Å²) in [6.45, 7) is 2.63. The molecule has 0 bridgehead atoms. The van der Waals surface area contributed by atoms with E-state index in [1.165, 1.54) is 12.2 Å². The Labute approximate surface area is 185 Å². The lowest BCUT2D eigenvalue weighted by molar-refractivity contribution is -0.132. The number of nitrogens with one attached hydrogen (secondary N) is 1. The molecule has 1 aromatic rings. The van der Waals surface area contributed by atoms with Crippen LogP contribution in [0.15, 0.2) is 52.6 Å². The summed E-state index contributed by atoms with van der Waals surface area (Å²) in [7, 11) is -3.44. The lowest BCUT2D eigenvalue weighted by Gasteiger charge is -2.36. The fourth-order valence-corrected chi connectivity index (χ4v) is 4.75. The maximum atomic E-state index is 12.5. The van der Waals surface area contributed by atoms with Crippen molar-refractivity contribution in [3.8, 4) is 0 Å². The van der Waals surface area contributed by atoms with E-state index in [2.05, 4.69) is 14.6 Å². The van der Waals surface area contributed by atoms with E-state index in [9.17, 15) is 18.0 Å². The highest BCUT2D eigenvalue weighted by Crippen LogP contribution is 2.21. The van der Waals surface area contributed by atoms with Gasteiger partial charge in [0, 0.05) is 49.6 Å². The summed E-state index contributed by atoms with van der Waals surface area (Å²) in [4.78, 5) is 30.5. The predicted octanol–water partition coefficient (Wildman–Crippen LogP) is 0.602. The summed E-state index contributed by atoms with van der Waals surface area (Å²) in [5.74, 6) is -0.355. The van der Waals surface area contributed by atoms with Gasteiger partial charge in [0.2, 0.25) is 5.91 Å². The number of anilines is 1. The molecule has 0 aromatic heterocycles. The first-order chi connectivity index (χ1) is 14.8. The van der Waals surface area contributed by atoms with Crippen molar-refractivity contribution in [2.45, 2.75) is 0 Å². The topological polar surface area (TPSA) is 102 Å². The number of piperazine rings is 1. The van der Waals surface area contributed by atoms with Gasteiger partial charge in [-0.25, -0.2) is 8.42 Å². The zero-order valence-electron chi connectivity index (χ0n) is 16.7. The molecule has 2 amide bonds. The number of rotatable bonds is 4. The number of hydrogen-bond acceptors (Lipinski definition) is 6. The number of sulfonamides is 1. The second kappa shape index (κ2) is 8.72. The van der Waals surface area contributed by atoms with E-state index in [1.54, 1.807) is 16.0 Å². The molecule has 31 heavy (non-hydrogen) atoms. The summed E-state index contributed by atoms with van der Waals surface area (Å²) < 4.78 is 26.8. The molecule has 1 fully saturated rings. The zero-order chi connectivity index (χ0) is 22.0. The number of amidine groups is 1. The largest absolute Gasteiger partial charge is 0.368 e. The smallest absolute Gasteiger partial charge is 0.256 e. The summed E-state index contributed by atoms with van der Waals surface area (Å²) in [5, 5.41) is 3.32. The van der Waals surface area contributed by atoms with Crippen LogP contribution in [0.2, 0.25) is 5.02 Å². The van der Waals surface area contributed by atoms with E-state index < -0.39 is 15.9 Å². The van der Waals surface area contributed by atoms with Crippen LogP contribution in [0.1, 0.15) is 0 Å². The van der Waals surface area contributed by atoms with E-state index >= 15 is 0 Å². The molecule has 3 aliphatic rings. The third-order valence-electron chi connectivity index (χ3n) is 5.29. The number of hydrogen-bond donors (Lipinski definition) is 1. The third kappa shape index (κ3) is 5.08. The normalized spacial score (nSPS) is 20.0.